The van der Waals surface area contributed by atoms with Crippen molar-refractivity contribution in [3.05, 3.63) is 43.9 Å². The van der Waals surface area contributed by atoms with E-state index < -0.39 is 11.2 Å². The van der Waals surface area contributed by atoms with E-state index in [1.807, 2.05) is 0 Å². The summed E-state index contributed by atoms with van der Waals surface area (Å²) in [7, 11) is 1.71. The molecule has 17 heavy (non-hydrogen) atoms. The van der Waals surface area contributed by atoms with Crippen molar-refractivity contribution in [3.8, 4) is 5.69 Å². The minimum atomic E-state index is -0.565. The molecule has 1 N–H and O–H groups in total. The fourth-order valence-corrected chi connectivity index (χ4v) is 1.91. The number of aryl methyl sites for hydroxylation is 1. The highest BCUT2D eigenvalue weighted by Crippen LogP contribution is 2.07. The molecule has 2 aromatic rings. The average Bonchev–Trinajstić information content (AvgIpc) is 2.64. The van der Waals surface area contributed by atoms with Crippen LogP contribution in [0.3, 0.4) is 0 Å². The van der Waals surface area contributed by atoms with Crippen LogP contribution in [0.15, 0.2) is 22.0 Å². The third-order valence-corrected chi connectivity index (χ3v) is 2.77. The lowest BCUT2D eigenvalue weighted by Gasteiger charge is -2.05. The van der Waals surface area contributed by atoms with E-state index in [0.29, 0.717) is 17.7 Å². The van der Waals surface area contributed by atoms with Gasteiger partial charge in [-0.2, -0.15) is 5.10 Å². The van der Waals surface area contributed by atoms with Gasteiger partial charge in [0.15, 0.2) is 0 Å². The molecule has 0 aliphatic rings. The maximum Gasteiger partial charge on any atom is 0.334 e. The molecule has 0 fully saturated rings. The van der Waals surface area contributed by atoms with Crippen molar-refractivity contribution in [2.45, 2.75) is 13.3 Å². The van der Waals surface area contributed by atoms with Crippen LogP contribution in [-0.4, -0.2) is 19.3 Å². The Balaban J connectivity index is 2.79. The number of aromatic amines is 1. The van der Waals surface area contributed by atoms with E-state index in [2.05, 4.69) is 10.1 Å². The summed E-state index contributed by atoms with van der Waals surface area (Å²) < 4.78 is 2.54. The van der Waals surface area contributed by atoms with Crippen molar-refractivity contribution in [3.63, 3.8) is 0 Å². The number of hydrogen-bond acceptors (Lipinski definition) is 3. The molecule has 0 saturated heterocycles. The largest absolute Gasteiger partial charge is 0.334 e. The number of rotatable bonds is 2. The van der Waals surface area contributed by atoms with Crippen molar-refractivity contribution in [2.75, 3.05) is 0 Å². The first kappa shape index (κ1) is 11.7. The second-order valence-corrected chi connectivity index (χ2v) is 3.97. The molecule has 0 unspecified atom stereocenters. The second-order valence-electron chi connectivity index (χ2n) is 3.59. The highest BCUT2D eigenvalue weighted by Gasteiger charge is 2.13. The first-order chi connectivity index (χ1) is 8.04. The fraction of sp³-hybridized carbons (Fsp3) is 0.300. The molecule has 2 aromatic heterocycles. The smallest absolute Gasteiger partial charge is 0.297 e. The van der Waals surface area contributed by atoms with Gasteiger partial charge in [0.2, 0.25) is 0 Å². The van der Waals surface area contributed by atoms with Crippen LogP contribution in [0.5, 0.6) is 0 Å². The van der Waals surface area contributed by atoms with Gasteiger partial charge in [-0.05, 0) is 6.42 Å². The van der Waals surface area contributed by atoms with Crippen molar-refractivity contribution < 1.29 is 0 Å². The Hall–Kier alpha value is -1.82. The van der Waals surface area contributed by atoms with E-state index in [4.69, 9.17) is 11.6 Å². The van der Waals surface area contributed by atoms with Crippen molar-refractivity contribution >= 4 is 11.6 Å². The number of halogens is 1. The highest BCUT2D eigenvalue weighted by molar-refractivity contribution is 6.30. The van der Waals surface area contributed by atoms with Crippen molar-refractivity contribution in [2.24, 2.45) is 7.05 Å². The molecule has 0 radical (unpaired) electrons. The molecule has 0 amide bonds. The molecular formula is C10H11ClN4O2. The standard InChI is InChI=1S/C10H11ClN4O2/c1-3-7-8(11)13-10(17)15(9(7)16)6-4-12-14(2)5-6/h4-5H,3H2,1-2H3,(H,13,17). The zero-order valence-corrected chi connectivity index (χ0v) is 10.2. The van der Waals surface area contributed by atoms with Gasteiger partial charge >= 0.3 is 5.69 Å². The van der Waals surface area contributed by atoms with E-state index in [0.717, 1.165) is 4.57 Å². The normalized spacial score (nSPS) is 10.8. The number of aromatic nitrogens is 4. The molecule has 2 rings (SSSR count). The maximum atomic E-state index is 12.1. The van der Waals surface area contributed by atoms with E-state index >= 15 is 0 Å². The summed E-state index contributed by atoms with van der Waals surface area (Å²) in [6.45, 7) is 1.80. The predicted molar refractivity (Wildman–Crippen MR) is 63.8 cm³/mol. The zero-order valence-electron chi connectivity index (χ0n) is 9.40. The highest BCUT2D eigenvalue weighted by atomic mass is 35.5. The molecule has 0 aliphatic heterocycles. The Labute approximate surface area is 101 Å². The van der Waals surface area contributed by atoms with Gasteiger partial charge in [-0.25, -0.2) is 9.36 Å². The first-order valence-corrected chi connectivity index (χ1v) is 5.45. The number of nitrogens with zero attached hydrogens (tertiary/aromatic N) is 3. The summed E-state index contributed by atoms with van der Waals surface area (Å²) in [4.78, 5) is 26.2. The molecule has 6 nitrogen and oxygen atoms in total. The third kappa shape index (κ3) is 1.91. The second kappa shape index (κ2) is 4.21. The van der Waals surface area contributed by atoms with Gasteiger partial charge in [0.25, 0.3) is 5.56 Å². The zero-order chi connectivity index (χ0) is 12.6. The molecular weight excluding hydrogens is 244 g/mol. The van der Waals surface area contributed by atoms with Crippen LogP contribution < -0.4 is 11.2 Å². The van der Waals surface area contributed by atoms with E-state index in [-0.39, 0.29) is 5.15 Å². The maximum absolute atomic E-state index is 12.1. The van der Waals surface area contributed by atoms with Crippen molar-refractivity contribution in [1.82, 2.24) is 19.3 Å². The quantitative estimate of drug-likeness (QED) is 0.792. The lowest BCUT2D eigenvalue weighted by Crippen LogP contribution is -2.35. The van der Waals surface area contributed by atoms with E-state index in [9.17, 15) is 9.59 Å². The average molecular weight is 255 g/mol. The summed E-state index contributed by atoms with van der Waals surface area (Å²) in [6, 6.07) is 0. The molecule has 0 atom stereocenters. The summed E-state index contributed by atoms with van der Waals surface area (Å²) in [5.41, 5.74) is -0.167. The van der Waals surface area contributed by atoms with E-state index in [1.165, 1.54) is 10.9 Å². The van der Waals surface area contributed by atoms with Gasteiger partial charge in [-0.15, -0.1) is 0 Å². The number of H-pyrrole nitrogens is 1. The molecule has 90 valence electrons. The lowest BCUT2D eigenvalue weighted by atomic mass is 10.2. The number of hydrogen-bond donors (Lipinski definition) is 1. The lowest BCUT2D eigenvalue weighted by molar-refractivity contribution is 0.765. The molecule has 2 heterocycles. The first-order valence-electron chi connectivity index (χ1n) is 5.07. The van der Waals surface area contributed by atoms with Gasteiger partial charge in [0, 0.05) is 13.2 Å². The Morgan fingerprint density at radius 1 is 1.47 bits per heavy atom. The molecule has 0 spiro atoms. The predicted octanol–water partition coefficient (Wildman–Crippen LogP) is 0.475. The van der Waals surface area contributed by atoms with Crippen LogP contribution in [-0.2, 0) is 13.5 Å². The monoisotopic (exact) mass is 254 g/mol. The van der Waals surface area contributed by atoms with Crippen LogP contribution in [0, 0.1) is 0 Å². The van der Waals surface area contributed by atoms with Crippen LogP contribution in [0.25, 0.3) is 5.69 Å². The van der Waals surface area contributed by atoms with Gasteiger partial charge in [-0.1, -0.05) is 18.5 Å². The molecule has 0 saturated carbocycles. The molecule has 0 aromatic carbocycles. The topological polar surface area (TPSA) is 72.7 Å². The van der Waals surface area contributed by atoms with Crippen LogP contribution in [0.1, 0.15) is 12.5 Å². The SMILES string of the molecule is CCc1c(Cl)[nH]c(=O)n(-c2cnn(C)c2)c1=O. The molecule has 0 bridgehead atoms. The Kier molecular flexibility index (Phi) is 2.89. The van der Waals surface area contributed by atoms with Gasteiger partial charge in [0.05, 0.1) is 17.4 Å². The Morgan fingerprint density at radius 3 is 2.71 bits per heavy atom. The molecule has 0 aliphatic carbocycles. The summed E-state index contributed by atoms with van der Waals surface area (Å²) in [5, 5.41) is 4.02. The fourth-order valence-electron chi connectivity index (χ4n) is 1.61. The van der Waals surface area contributed by atoms with Crippen LogP contribution in [0.4, 0.5) is 0 Å². The minimum Gasteiger partial charge on any atom is -0.297 e. The summed E-state index contributed by atoms with van der Waals surface area (Å²) in [5.74, 6) is 0. The third-order valence-electron chi connectivity index (χ3n) is 2.45. The Bertz CT molecular complexity index is 668. The van der Waals surface area contributed by atoms with Gasteiger partial charge in [0.1, 0.15) is 5.15 Å². The Morgan fingerprint density at radius 2 is 2.18 bits per heavy atom. The summed E-state index contributed by atoms with van der Waals surface area (Å²) >= 11 is 5.81. The number of nitrogens with one attached hydrogen (secondary N) is 1. The van der Waals surface area contributed by atoms with Crippen LogP contribution >= 0.6 is 11.6 Å². The van der Waals surface area contributed by atoms with E-state index in [1.54, 1.807) is 20.2 Å². The van der Waals surface area contributed by atoms with Crippen molar-refractivity contribution in [1.29, 1.82) is 0 Å². The molecule has 7 heteroatoms. The summed E-state index contributed by atoms with van der Waals surface area (Å²) in [6.07, 6.45) is 3.49. The van der Waals surface area contributed by atoms with Gasteiger partial charge < -0.3 is 0 Å². The minimum absolute atomic E-state index is 0.0997. The van der Waals surface area contributed by atoms with Gasteiger partial charge in [-0.3, -0.25) is 14.5 Å². The van der Waals surface area contributed by atoms with Crippen LogP contribution in [0.2, 0.25) is 5.15 Å².